The van der Waals surface area contributed by atoms with E-state index in [1.807, 2.05) is 0 Å². The first-order valence-electron chi connectivity index (χ1n) is 5.84. The lowest BCUT2D eigenvalue weighted by Gasteiger charge is -2.07. The normalized spacial score (nSPS) is 11.8. The number of ether oxygens (including phenoxy) is 1. The molecule has 0 aliphatic carbocycles. The number of oxime groups is 1. The largest absolute Gasteiger partial charge is 0.409 e. The zero-order chi connectivity index (χ0) is 14.1. The first-order chi connectivity index (χ1) is 9.17. The minimum Gasteiger partial charge on any atom is -0.409 e. The molecular weight excluding hydrogens is 253 g/mol. The van der Waals surface area contributed by atoms with Gasteiger partial charge in [-0.1, -0.05) is 5.16 Å². The van der Waals surface area contributed by atoms with E-state index in [1.165, 1.54) is 12.1 Å². The molecule has 0 radical (unpaired) electrons. The molecule has 0 aromatic heterocycles. The molecule has 0 saturated carbocycles. The highest BCUT2D eigenvalue weighted by Gasteiger charge is 2.04. The van der Waals surface area contributed by atoms with Gasteiger partial charge < -0.3 is 26.1 Å². The maximum absolute atomic E-state index is 13.3. The van der Waals surface area contributed by atoms with Crippen molar-refractivity contribution in [2.75, 3.05) is 26.4 Å². The fourth-order valence-corrected chi connectivity index (χ4v) is 1.50. The Bertz CT molecular complexity index is 427. The van der Waals surface area contributed by atoms with Crippen LogP contribution in [0.4, 0.5) is 4.39 Å². The Hall–Kier alpha value is -1.70. The lowest BCUT2D eigenvalue weighted by atomic mass is 10.1. The van der Waals surface area contributed by atoms with Gasteiger partial charge in [-0.3, -0.25) is 0 Å². The van der Waals surface area contributed by atoms with E-state index in [0.717, 1.165) is 0 Å². The fourth-order valence-electron chi connectivity index (χ4n) is 1.50. The number of aliphatic hydroxyl groups excluding tert-OH is 1. The third kappa shape index (κ3) is 5.64. The van der Waals surface area contributed by atoms with Gasteiger partial charge in [0.2, 0.25) is 0 Å². The second-order valence-corrected chi connectivity index (χ2v) is 3.85. The van der Waals surface area contributed by atoms with E-state index < -0.39 is 5.82 Å². The Morgan fingerprint density at radius 2 is 2.16 bits per heavy atom. The Morgan fingerprint density at radius 1 is 1.37 bits per heavy atom. The summed E-state index contributed by atoms with van der Waals surface area (Å²) in [6.45, 7) is 1.77. The van der Waals surface area contributed by atoms with Crippen LogP contribution in [-0.4, -0.2) is 42.5 Å². The standard InChI is InChI=1S/C12H18FN3O3/c13-11-6-9(5-10(7-11)12(14)16-18)8-15-1-3-19-4-2-17/h5-7,15,17-18H,1-4,8H2,(H2,14,16). The monoisotopic (exact) mass is 271 g/mol. The topological polar surface area (TPSA) is 100 Å². The maximum Gasteiger partial charge on any atom is 0.170 e. The number of nitrogens with zero attached hydrogens (tertiary/aromatic N) is 1. The number of hydrogen-bond donors (Lipinski definition) is 4. The van der Waals surface area contributed by atoms with Gasteiger partial charge in [0.1, 0.15) is 5.82 Å². The Kier molecular flexibility index (Phi) is 6.80. The summed E-state index contributed by atoms with van der Waals surface area (Å²) < 4.78 is 18.4. The van der Waals surface area contributed by atoms with Gasteiger partial charge in [0.05, 0.1) is 19.8 Å². The molecule has 0 saturated heterocycles. The van der Waals surface area contributed by atoms with E-state index >= 15 is 0 Å². The van der Waals surface area contributed by atoms with E-state index in [9.17, 15) is 4.39 Å². The smallest absolute Gasteiger partial charge is 0.170 e. The highest BCUT2D eigenvalue weighted by molar-refractivity contribution is 5.97. The summed E-state index contributed by atoms with van der Waals surface area (Å²) in [6.07, 6.45) is 0. The van der Waals surface area contributed by atoms with Gasteiger partial charge in [0, 0.05) is 18.7 Å². The molecule has 0 amide bonds. The van der Waals surface area contributed by atoms with Crippen molar-refractivity contribution in [1.82, 2.24) is 5.32 Å². The van der Waals surface area contributed by atoms with Gasteiger partial charge in [-0.05, 0) is 23.8 Å². The number of halogens is 1. The molecule has 0 atom stereocenters. The molecule has 1 rings (SSSR count). The predicted octanol–water partition coefficient (Wildman–Crippen LogP) is 0.0187. The molecule has 0 fully saturated rings. The average Bonchev–Trinajstić information content (AvgIpc) is 2.41. The van der Waals surface area contributed by atoms with Crippen LogP contribution in [0, 0.1) is 5.82 Å². The second-order valence-electron chi connectivity index (χ2n) is 3.85. The number of nitrogens with one attached hydrogen (secondary N) is 1. The number of benzene rings is 1. The minimum atomic E-state index is -0.447. The molecule has 1 aromatic rings. The van der Waals surface area contributed by atoms with E-state index in [4.69, 9.17) is 20.8 Å². The van der Waals surface area contributed by atoms with Crippen LogP contribution in [-0.2, 0) is 11.3 Å². The van der Waals surface area contributed by atoms with Crippen molar-refractivity contribution in [2.24, 2.45) is 10.9 Å². The predicted molar refractivity (Wildman–Crippen MR) is 68.5 cm³/mol. The van der Waals surface area contributed by atoms with Crippen LogP contribution in [0.5, 0.6) is 0 Å². The van der Waals surface area contributed by atoms with E-state index in [1.54, 1.807) is 6.07 Å². The fraction of sp³-hybridized carbons (Fsp3) is 0.417. The van der Waals surface area contributed by atoms with Crippen LogP contribution in [0.3, 0.4) is 0 Å². The lowest BCUT2D eigenvalue weighted by Crippen LogP contribution is -2.21. The quantitative estimate of drug-likeness (QED) is 0.176. The van der Waals surface area contributed by atoms with Crippen molar-refractivity contribution in [3.05, 3.63) is 35.1 Å². The molecule has 6 nitrogen and oxygen atoms in total. The van der Waals surface area contributed by atoms with Crippen LogP contribution in [0.15, 0.2) is 23.4 Å². The molecular formula is C12H18FN3O3. The molecule has 1 aromatic carbocycles. The van der Waals surface area contributed by atoms with Gasteiger partial charge in [-0.25, -0.2) is 4.39 Å². The third-order valence-electron chi connectivity index (χ3n) is 2.35. The lowest BCUT2D eigenvalue weighted by molar-refractivity contribution is 0.0938. The van der Waals surface area contributed by atoms with Crippen LogP contribution < -0.4 is 11.1 Å². The van der Waals surface area contributed by atoms with Crippen molar-refractivity contribution in [1.29, 1.82) is 0 Å². The molecule has 106 valence electrons. The van der Waals surface area contributed by atoms with Crippen molar-refractivity contribution in [3.63, 3.8) is 0 Å². The van der Waals surface area contributed by atoms with E-state index in [-0.39, 0.29) is 12.4 Å². The van der Waals surface area contributed by atoms with Crippen molar-refractivity contribution < 1.29 is 19.4 Å². The zero-order valence-corrected chi connectivity index (χ0v) is 10.5. The Balaban J connectivity index is 2.47. The van der Waals surface area contributed by atoms with Gasteiger partial charge in [0.15, 0.2) is 5.84 Å². The van der Waals surface area contributed by atoms with Gasteiger partial charge in [-0.15, -0.1) is 0 Å². The zero-order valence-electron chi connectivity index (χ0n) is 10.5. The van der Waals surface area contributed by atoms with Gasteiger partial charge in [-0.2, -0.15) is 0 Å². The van der Waals surface area contributed by atoms with Gasteiger partial charge in [0.25, 0.3) is 0 Å². The molecule has 7 heteroatoms. The highest BCUT2D eigenvalue weighted by atomic mass is 19.1. The molecule has 0 heterocycles. The summed E-state index contributed by atoms with van der Waals surface area (Å²) in [4.78, 5) is 0. The third-order valence-corrected chi connectivity index (χ3v) is 2.35. The van der Waals surface area contributed by atoms with E-state index in [2.05, 4.69) is 10.5 Å². The molecule has 0 spiro atoms. The molecule has 0 unspecified atom stereocenters. The molecule has 0 bridgehead atoms. The maximum atomic E-state index is 13.3. The molecule has 5 N–H and O–H groups in total. The van der Waals surface area contributed by atoms with Crippen LogP contribution in [0.2, 0.25) is 0 Å². The van der Waals surface area contributed by atoms with E-state index in [0.29, 0.717) is 37.4 Å². The first kappa shape index (κ1) is 15.4. The van der Waals surface area contributed by atoms with Crippen LogP contribution >= 0.6 is 0 Å². The van der Waals surface area contributed by atoms with Crippen LogP contribution in [0.25, 0.3) is 0 Å². The summed E-state index contributed by atoms with van der Waals surface area (Å²) in [5, 5.41) is 23.0. The Labute approximate surface area is 110 Å². The summed E-state index contributed by atoms with van der Waals surface area (Å²) >= 11 is 0. The van der Waals surface area contributed by atoms with Crippen molar-refractivity contribution in [2.45, 2.75) is 6.54 Å². The number of nitrogens with two attached hydrogens (primary N) is 1. The average molecular weight is 271 g/mol. The molecule has 0 aliphatic rings. The first-order valence-corrected chi connectivity index (χ1v) is 5.84. The van der Waals surface area contributed by atoms with Crippen molar-refractivity contribution in [3.8, 4) is 0 Å². The number of hydrogen-bond acceptors (Lipinski definition) is 5. The second kappa shape index (κ2) is 8.41. The summed E-state index contributed by atoms with van der Waals surface area (Å²) in [5.74, 6) is -0.579. The number of amidine groups is 1. The molecule has 0 aliphatic heterocycles. The number of rotatable bonds is 8. The molecule has 19 heavy (non-hydrogen) atoms. The SMILES string of the molecule is N/C(=N/O)c1cc(F)cc(CNCCOCCO)c1. The van der Waals surface area contributed by atoms with Crippen LogP contribution in [0.1, 0.15) is 11.1 Å². The van der Waals surface area contributed by atoms with Gasteiger partial charge >= 0.3 is 0 Å². The Morgan fingerprint density at radius 3 is 2.84 bits per heavy atom. The van der Waals surface area contributed by atoms with Crippen molar-refractivity contribution >= 4 is 5.84 Å². The summed E-state index contributed by atoms with van der Waals surface area (Å²) in [5.41, 5.74) is 6.42. The minimum absolute atomic E-state index is 0.00692. The number of aliphatic hydroxyl groups is 1. The highest BCUT2D eigenvalue weighted by Crippen LogP contribution is 2.09. The summed E-state index contributed by atoms with van der Waals surface area (Å²) in [7, 11) is 0. The summed E-state index contributed by atoms with van der Waals surface area (Å²) in [6, 6.07) is 4.21.